The van der Waals surface area contributed by atoms with E-state index in [1.807, 2.05) is 19.1 Å². The number of pyridine rings is 1. The van der Waals surface area contributed by atoms with Crippen LogP contribution in [0.1, 0.15) is 6.92 Å². The van der Waals surface area contributed by atoms with Crippen LogP contribution in [0.2, 0.25) is 5.28 Å². The first-order chi connectivity index (χ1) is 8.28. The van der Waals surface area contributed by atoms with Gasteiger partial charge in [0.1, 0.15) is 0 Å². The number of rotatable bonds is 4. The van der Waals surface area contributed by atoms with E-state index >= 15 is 0 Å². The van der Waals surface area contributed by atoms with Gasteiger partial charge in [-0.3, -0.25) is 4.98 Å². The predicted octanol–water partition coefficient (Wildman–Crippen LogP) is 2.47. The fourth-order valence-corrected chi connectivity index (χ4v) is 1.99. The van der Waals surface area contributed by atoms with Gasteiger partial charge in [0.05, 0.1) is 6.61 Å². The Labute approximate surface area is 108 Å². The number of nitrogens with zero attached hydrogens (tertiary/aromatic N) is 4. The highest BCUT2D eigenvalue weighted by Gasteiger charge is 2.07. The van der Waals surface area contributed by atoms with Crippen molar-refractivity contribution in [3.8, 4) is 6.01 Å². The van der Waals surface area contributed by atoms with Gasteiger partial charge in [0.2, 0.25) is 5.28 Å². The van der Waals surface area contributed by atoms with Gasteiger partial charge in [-0.1, -0.05) is 0 Å². The number of aromatic nitrogens is 4. The molecule has 0 unspecified atom stereocenters. The lowest BCUT2D eigenvalue weighted by atomic mass is 10.5. The van der Waals surface area contributed by atoms with Crippen molar-refractivity contribution in [2.45, 2.75) is 17.0 Å². The Morgan fingerprint density at radius 2 is 2.00 bits per heavy atom. The van der Waals surface area contributed by atoms with Crippen LogP contribution in [0, 0.1) is 0 Å². The lowest BCUT2D eigenvalue weighted by molar-refractivity contribution is 0.307. The first kappa shape index (κ1) is 12.1. The highest BCUT2D eigenvalue weighted by molar-refractivity contribution is 7.99. The van der Waals surface area contributed by atoms with E-state index in [-0.39, 0.29) is 11.3 Å². The topological polar surface area (TPSA) is 60.8 Å². The lowest BCUT2D eigenvalue weighted by Gasteiger charge is -2.03. The molecular weight excluding hydrogens is 260 g/mol. The molecule has 0 fully saturated rings. The van der Waals surface area contributed by atoms with E-state index in [1.165, 1.54) is 11.8 Å². The molecule has 88 valence electrons. The van der Waals surface area contributed by atoms with Gasteiger partial charge >= 0.3 is 6.01 Å². The van der Waals surface area contributed by atoms with Crippen molar-refractivity contribution in [1.82, 2.24) is 19.9 Å². The summed E-state index contributed by atoms with van der Waals surface area (Å²) in [6, 6.07) is 3.97. The second-order valence-corrected chi connectivity index (χ2v) is 4.27. The summed E-state index contributed by atoms with van der Waals surface area (Å²) in [7, 11) is 0. The minimum atomic E-state index is 0.125. The molecule has 0 aliphatic carbocycles. The van der Waals surface area contributed by atoms with E-state index < -0.39 is 0 Å². The van der Waals surface area contributed by atoms with Crippen LogP contribution in [0.3, 0.4) is 0 Å². The molecule has 17 heavy (non-hydrogen) atoms. The molecule has 0 aliphatic heterocycles. The molecule has 2 heterocycles. The van der Waals surface area contributed by atoms with E-state index in [0.717, 1.165) is 4.90 Å². The maximum absolute atomic E-state index is 5.78. The fourth-order valence-electron chi connectivity index (χ4n) is 1.07. The quantitative estimate of drug-likeness (QED) is 0.849. The highest BCUT2D eigenvalue weighted by atomic mass is 35.5. The van der Waals surface area contributed by atoms with Crippen LogP contribution in [0.4, 0.5) is 0 Å². The Morgan fingerprint density at radius 1 is 1.24 bits per heavy atom. The molecule has 0 saturated carbocycles. The summed E-state index contributed by atoms with van der Waals surface area (Å²) >= 11 is 7.16. The minimum absolute atomic E-state index is 0.125. The van der Waals surface area contributed by atoms with Gasteiger partial charge in [0, 0.05) is 17.3 Å². The smallest absolute Gasteiger partial charge is 0.321 e. The molecule has 0 aromatic carbocycles. The van der Waals surface area contributed by atoms with Crippen molar-refractivity contribution in [3.05, 3.63) is 29.8 Å². The lowest BCUT2D eigenvalue weighted by Crippen LogP contribution is -2.00. The molecule has 2 rings (SSSR count). The van der Waals surface area contributed by atoms with Crippen molar-refractivity contribution in [1.29, 1.82) is 0 Å². The second kappa shape index (κ2) is 5.79. The molecular formula is C10H9ClN4OS. The minimum Gasteiger partial charge on any atom is -0.464 e. The largest absolute Gasteiger partial charge is 0.464 e. The third kappa shape index (κ3) is 3.54. The van der Waals surface area contributed by atoms with Crippen molar-refractivity contribution < 1.29 is 4.74 Å². The fraction of sp³-hybridized carbons (Fsp3) is 0.200. The summed E-state index contributed by atoms with van der Waals surface area (Å²) in [5.74, 6) is 0. The second-order valence-electron chi connectivity index (χ2n) is 2.89. The summed E-state index contributed by atoms with van der Waals surface area (Å²) in [5.41, 5.74) is 0. The number of halogens is 1. The average molecular weight is 269 g/mol. The van der Waals surface area contributed by atoms with Crippen LogP contribution in [-0.2, 0) is 0 Å². The maximum atomic E-state index is 5.78. The van der Waals surface area contributed by atoms with E-state index in [1.54, 1.807) is 12.4 Å². The molecule has 0 radical (unpaired) electrons. The van der Waals surface area contributed by atoms with Crippen LogP contribution in [0.25, 0.3) is 0 Å². The van der Waals surface area contributed by atoms with Gasteiger partial charge in [-0.25, -0.2) is 0 Å². The van der Waals surface area contributed by atoms with Gasteiger partial charge in [-0.15, -0.1) is 0 Å². The van der Waals surface area contributed by atoms with Gasteiger partial charge in [0.25, 0.3) is 0 Å². The summed E-state index contributed by atoms with van der Waals surface area (Å²) in [5, 5.41) is 0.625. The van der Waals surface area contributed by atoms with Gasteiger partial charge < -0.3 is 4.74 Å². The van der Waals surface area contributed by atoms with Crippen molar-refractivity contribution in [2.24, 2.45) is 0 Å². The van der Waals surface area contributed by atoms with E-state index in [9.17, 15) is 0 Å². The zero-order valence-electron chi connectivity index (χ0n) is 9.00. The molecule has 5 nitrogen and oxygen atoms in total. The van der Waals surface area contributed by atoms with E-state index in [4.69, 9.17) is 16.3 Å². The normalized spacial score (nSPS) is 10.2. The van der Waals surface area contributed by atoms with Crippen LogP contribution in [0.15, 0.2) is 34.6 Å². The first-order valence-corrected chi connectivity index (χ1v) is 6.09. The van der Waals surface area contributed by atoms with Crippen molar-refractivity contribution >= 4 is 23.4 Å². The molecule has 0 atom stereocenters. The molecule has 7 heteroatoms. The van der Waals surface area contributed by atoms with E-state index in [2.05, 4.69) is 19.9 Å². The zero-order chi connectivity index (χ0) is 12.1. The van der Waals surface area contributed by atoms with Crippen LogP contribution in [-0.4, -0.2) is 26.5 Å². The summed E-state index contributed by atoms with van der Waals surface area (Å²) in [4.78, 5) is 16.9. The van der Waals surface area contributed by atoms with Crippen molar-refractivity contribution in [3.63, 3.8) is 0 Å². The van der Waals surface area contributed by atoms with E-state index in [0.29, 0.717) is 11.8 Å². The van der Waals surface area contributed by atoms with Gasteiger partial charge in [-0.2, -0.15) is 15.0 Å². The Hall–Kier alpha value is -1.40. The molecule has 0 N–H and O–H groups in total. The Kier molecular flexibility index (Phi) is 4.11. The summed E-state index contributed by atoms with van der Waals surface area (Å²) in [6.45, 7) is 2.34. The zero-order valence-corrected chi connectivity index (χ0v) is 10.6. The Bertz CT molecular complexity index is 497. The van der Waals surface area contributed by atoms with Gasteiger partial charge in [-0.05, 0) is 42.4 Å². The third-order valence-corrected chi connectivity index (χ3v) is 2.74. The molecule has 2 aromatic heterocycles. The highest BCUT2D eigenvalue weighted by Crippen LogP contribution is 2.25. The molecule has 0 amide bonds. The number of ether oxygens (including phenoxy) is 1. The molecule has 0 bridgehead atoms. The van der Waals surface area contributed by atoms with Gasteiger partial charge in [0.15, 0.2) is 5.16 Å². The Balaban J connectivity index is 2.21. The summed E-state index contributed by atoms with van der Waals surface area (Å²) < 4.78 is 5.19. The van der Waals surface area contributed by atoms with Crippen molar-refractivity contribution in [2.75, 3.05) is 6.61 Å². The average Bonchev–Trinajstić information content (AvgIpc) is 2.30. The SMILES string of the molecule is CCOc1nc(Cl)nc(Sc2ccncc2)n1. The Morgan fingerprint density at radius 3 is 2.71 bits per heavy atom. The van der Waals surface area contributed by atoms with Crippen LogP contribution < -0.4 is 4.74 Å². The molecule has 0 saturated heterocycles. The maximum Gasteiger partial charge on any atom is 0.321 e. The molecule has 2 aromatic rings. The number of hydrogen-bond acceptors (Lipinski definition) is 6. The predicted molar refractivity (Wildman–Crippen MR) is 64.4 cm³/mol. The monoisotopic (exact) mass is 268 g/mol. The first-order valence-electron chi connectivity index (χ1n) is 4.90. The number of hydrogen-bond donors (Lipinski definition) is 0. The van der Waals surface area contributed by atoms with Crippen LogP contribution >= 0.6 is 23.4 Å². The third-order valence-electron chi connectivity index (χ3n) is 1.70. The molecule has 0 spiro atoms. The van der Waals surface area contributed by atoms with Crippen LogP contribution in [0.5, 0.6) is 6.01 Å². The standard InChI is InChI=1S/C10H9ClN4OS/c1-2-16-9-13-8(11)14-10(15-9)17-7-3-5-12-6-4-7/h3-6H,2H2,1H3. The summed E-state index contributed by atoms with van der Waals surface area (Å²) in [6.07, 6.45) is 3.41. The molecule has 0 aliphatic rings.